The number of hydrogen-bond donors (Lipinski definition) is 1. The molecule has 1 aliphatic heterocycles. The maximum Gasteiger partial charge on any atom is 0.150 e. The largest absolute Gasteiger partial charge is 0.398 e. The molecule has 0 atom stereocenters. The van der Waals surface area contributed by atoms with Gasteiger partial charge in [0.25, 0.3) is 0 Å². The summed E-state index contributed by atoms with van der Waals surface area (Å²) in [5.41, 5.74) is 10.8. The molecule has 1 aromatic carbocycles. The van der Waals surface area contributed by atoms with Crippen molar-refractivity contribution >= 4 is 21.1 Å². The summed E-state index contributed by atoms with van der Waals surface area (Å²) in [5.74, 6) is 0.997. The average molecular weight is 305 g/mol. The lowest BCUT2D eigenvalue weighted by Crippen LogP contribution is -2.22. The molecule has 1 heterocycles. The lowest BCUT2D eigenvalue weighted by Gasteiger charge is -2.24. The Labute approximate surface area is 127 Å². The van der Waals surface area contributed by atoms with Crippen molar-refractivity contribution in [2.45, 2.75) is 44.4 Å². The summed E-state index contributed by atoms with van der Waals surface area (Å²) < 4.78 is 23.1. The van der Waals surface area contributed by atoms with Crippen LogP contribution in [0, 0.1) is 0 Å². The average Bonchev–Trinajstić information content (AvgIpc) is 2.49. The summed E-state index contributed by atoms with van der Waals surface area (Å²) in [6.45, 7) is 0. The van der Waals surface area contributed by atoms with E-state index in [-0.39, 0.29) is 0 Å². The maximum atomic E-state index is 11.6. The summed E-state index contributed by atoms with van der Waals surface area (Å²) >= 11 is 0. The number of nitrogens with two attached hydrogens (primary N) is 1. The summed E-state index contributed by atoms with van der Waals surface area (Å²) in [6.07, 6.45) is 8.54. The number of nitrogen functional groups attached to an aromatic ring is 1. The van der Waals surface area contributed by atoms with Crippen LogP contribution in [0.5, 0.6) is 0 Å². The summed E-state index contributed by atoms with van der Waals surface area (Å²) in [7, 11) is -2.80. The van der Waals surface area contributed by atoms with E-state index in [2.05, 4.69) is 18.2 Å². The highest BCUT2D eigenvalue weighted by molar-refractivity contribution is 7.91. The van der Waals surface area contributed by atoms with E-state index in [0.29, 0.717) is 17.4 Å². The second-order valence-corrected chi connectivity index (χ2v) is 8.55. The van der Waals surface area contributed by atoms with Crippen LogP contribution in [0.15, 0.2) is 24.3 Å². The predicted octanol–water partition coefficient (Wildman–Crippen LogP) is 3.52. The first-order chi connectivity index (χ1) is 10.1. The SMILES string of the molecule is Nc1ccc(C2CCS(=O)(=O)CC2)cc1C1=CCCCC1. The first-order valence-corrected chi connectivity index (χ1v) is 9.66. The van der Waals surface area contributed by atoms with E-state index in [0.717, 1.165) is 31.4 Å². The topological polar surface area (TPSA) is 60.2 Å². The van der Waals surface area contributed by atoms with Gasteiger partial charge in [-0.15, -0.1) is 0 Å². The molecule has 0 spiro atoms. The fourth-order valence-corrected chi connectivity index (χ4v) is 4.90. The molecule has 1 fully saturated rings. The summed E-state index contributed by atoms with van der Waals surface area (Å²) in [6, 6.07) is 6.27. The van der Waals surface area contributed by atoms with Crippen molar-refractivity contribution in [1.29, 1.82) is 0 Å². The predicted molar refractivity (Wildman–Crippen MR) is 87.9 cm³/mol. The second kappa shape index (κ2) is 5.84. The summed E-state index contributed by atoms with van der Waals surface area (Å²) in [5, 5.41) is 0. The van der Waals surface area contributed by atoms with Gasteiger partial charge in [-0.3, -0.25) is 0 Å². The zero-order valence-corrected chi connectivity index (χ0v) is 13.2. The van der Waals surface area contributed by atoms with Gasteiger partial charge in [-0.2, -0.15) is 0 Å². The first kappa shape index (κ1) is 14.6. The van der Waals surface area contributed by atoms with E-state index < -0.39 is 9.84 Å². The fraction of sp³-hybridized carbons (Fsp3) is 0.529. The number of anilines is 1. The van der Waals surface area contributed by atoms with Crippen LogP contribution >= 0.6 is 0 Å². The zero-order valence-electron chi connectivity index (χ0n) is 12.3. The monoisotopic (exact) mass is 305 g/mol. The van der Waals surface area contributed by atoms with E-state index in [4.69, 9.17) is 5.73 Å². The highest BCUT2D eigenvalue weighted by Gasteiger charge is 2.25. The van der Waals surface area contributed by atoms with Crippen LogP contribution < -0.4 is 5.73 Å². The molecule has 0 unspecified atom stereocenters. The van der Waals surface area contributed by atoms with Crippen molar-refractivity contribution in [2.75, 3.05) is 17.2 Å². The Morgan fingerprint density at radius 1 is 1.10 bits per heavy atom. The van der Waals surface area contributed by atoms with Gasteiger partial charge >= 0.3 is 0 Å². The van der Waals surface area contributed by atoms with Crippen LogP contribution in [-0.4, -0.2) is 19.9 Å². The number of hydrogen-bond acceptors (Lipinski definition) is 3. The third kappa shape index (κ3) is 3.31. The van der Waals surface area contributed by atoms with Gasteiger partial charge in [0.2, 0.25) is 0 Å². The maximum absolute atomic E-state index is 11.6. The molecule has 2 N–H and O–H groups in total. The standard InChI is InChI=1S/C17H23NO2S/c18-17-7-6-15(13-8-10-21(19,20)11-9-13)12-16(17)14-4-2-1-3-5-14/h4,6-7,12-13H,1-3,5,8-11,18H2. The normalized spacial score (nSPS) is 22.8. The second-order valence-electron chi connectivity index (χ2n) is 6.25. The first-order valence-electron chi connectivity index (χ1n) is 7.84. The van der Waals surface area contributed by atoms with Crippen LogP contribution in [0.3, 0.4) is 0 Å². The lowest BCUT2D eigenvalue weighted by molar-refractivity contribution is 0.550. The van der Waals surface area contributed by atoms with E-state index in [1.165, 1.54) is 29.5 Å². The molecular formula is C17H23NO2S. The number of sulfone groups is 1. The summed E-state index contributed by atoms with van der Waals surface area (Å²) in [4.78, 5) is 0. The molecule has 0 radical (unpaired) electrons. The molecular weight excluding hydrogens is 282 g/mol. The molecule has 1 aliphatic carbocycles. The Kier molecular flexibility index (Phi) is 4.07. The molecule has 2 aliphatic rings. The van der Waals surface area contributed by atoms with Crippen LogP contribution in [0.2, 0.25) is 0 Å². The van der Waals surface area contributed by atoms with Gasteiger partial charge in [-0.05, 0) is 67.7 Å². The number of benzene rings is 1. The Bertz CT molecular complexity index is 647. The van der Waals surface area contributed by atoms with E-state index in [1.807, 2.05) is 6.07 Å². The van der Waals surface area contributed by atoms with Crippen molar-refractivity contribution in [3.05, 3.63) is 35.4 Å². The van der Waals surface area contributed by atoms with Crippen LogP contribution in [0.1, 0.15) is 55.6 Å². The number of rotatable bonds is 2. The van der Waals surface area contributed by atoms with Crippen LogP contribution in [0.4, 0.5) is 5.69 Å². The molecule has 21 heavy (non-hydrogen) atoms. The molecule has 114 valence electrons. The molecule has 3 nitrogen and oxygen atoms in total. The minimum absolute atomic E-state index is 0.320. The fourth-order valence-electron chi connectivity index (χ4n) is 3.41. The molecule has 0 amide bonds. The Hall–Kier alpha value is -1.29. The van der Waals surface area contributed by atoms with E-state index in [1.54, 1.807) is 0 Å². The number of allylic oxidation sites excluding steroid dienone is 2. The van der Waals surface area contributed by atoms with E-state index >= 15 is 0 Å². The van der Waals surface area contributed by atoms with Crippen LogP contribution in [0.25, 0.3) is 5.57 Å². The molecule has 3 rings (SSSR count). The van der Waals surface area contributed by atoms with Gasteiger partial charge in [-0.25, -0.2) is 8.42 Å². The van der Waals surface area contributed by atoms with Gasteiger partial charge in [-0.1, -0.05) is 12.1 Å². The smallest absolute Gasteiger partial charge is 0.150 e. The van der Waals surface area contributed by atoms with Crippen molar-refractivity contribution < 1.29 is 8.42 Å². The zero-order chi connectivity index (χ0) is 14.9. The van der Waals surface area contributed by atoms with Gasteiger partial charge in [0, 0.05) is 11.3 Å². The van der Waals surface area contributed by atoms with Crippen molar-refractivity contribution in [3.63, 3.8) is 0 Å². The van der Waals surface area contributed by atoms with Gasteiger partial charge in [0.15, 0.2) is 0 Å². The molecule has 0 bridgehead atoms. The molecule has 0 aromatic heterocycles. The Morgan fingerprint density at radius 2 is 1.86 bits per heavy atom. The highest BCUT2D eigenvalue weighted by Crippen LogP contribution is 2.35. The third-order valence-electron chi connectivity index (χ3n) is 4.74. The minimum atomic E-state index is -2.80. The van der Waals surface area contributed by atoms with Gasteiger partial charge in [0.05, 0.1) is 11.5 Å². The molecule has 0 saturated carbocycles. The molecule has 1 aromatic rings. The molecule has 1 saturated heterocycles. The third-order valence-corrected chi connectivity index (χ3v) is 6.46. The molecule has 4 heteroatoms. The minimum Gasteiger partial charge on any atom is -0.398 e. The van der Waals surface area contributed by atoms with Crippen molar-refractivity contribution in [3.8, 4) is 0 Å². The Balaban J connectivity index is 1.86. The van der Waals surface area contributed by atoms with E-state index in [9.17, 15) is 8.42 Å². The highest BCUT2D eigenvalue weighted by atomic mass is 32.2. The van der Waals surface area contributed by atoms with Crippen molar-refractivity contribution in [1.82, 2.24) is 0 Å². The quantitative estimate of drug-likeness (QED) is 0.850. The van der Waals surface area contributed by atoms with Gasteiger partial charge in [0.1, 0.15) is 9.84 Å². The van der Waals surface area contributed by atoms with Gasteiger partial charge < -0.3 is 5.73 Å². The Morgan fingerprint density at radius 3 is 2.52 bits per heavy atom. The van der Waals surface area contributed by atoms with Crippen LogP contribution in [-0.2, 0) is 9.84 Å². The van der Waals surface area contributed by atoms with Crippen molar-refractivity contribution in [2.24, 2.45) is 0 Å². The lowest BCUT2D eigenvalue weighted by atomic mass is 9.87.